The zero-order chi connectivity index (χ0) is 29.2. The lowest BCUT2D eigenvalue weighted by molar-refractivity contribution is -0.191. The normalized spacial score (nSPS) is 27.1. The Bertz CT molecular complexity index is 1230. The zero-order valence-electron chi connectivity index (χ0n) is 21.1. The van der Waals surface area contributed by atoms with Crippen molar-refractivity contribution in [3.63, 3.8) is 0 Å². The summed E-state index contributed by atoms with van der Waals surface area (Å²) >= 11 is 0. The smallest absolute Gasteiger partial charge is 0.348 e. The molecule has 0 radical (unpaired) electrons. The van der Waals surface area contributed by atoms with Crippen molar-refractivity contribution in [1.82, 2.24) is 15.5 Å². The van der Waals surface area contributed by atoms with Gasteiger partial charge in [-0.25, -0.2) is 19.2 Å². The van der Waals surface area contributed by atoms with Gasteiger partial charge in [0.15, 0.2) is 11.8 Å². The van der Waals surface area contributed by atoms with Crippen LogP contribution in [0.3, 0.4) is 0 Å². The first kappa shape index (κ1) is 28.8. The van der Waals surface area contributed by atoms with E-state index in [1.807, 2.05) is 11.2 Å². The number of ether oxygens (including phenoxy) is 2. The van der Waals surface area contributed by atoms with E-state index in [1.165, 1.54) is 17.0 Å². The molecule has 40 heavy (non-hydrogen) atoms. The van der Waals surface area contributed by atoms with Crippen LogP contribution in [-0.4, -0.2) is 111 Å². The van der Waals surface area contributed by atoms with Crippen molar-refractivity contribution in [2.45, 2.75) is 48.9 Å². The number of hydrogen-bond acceptors (Lipinski definition) is 9. The number of aliphatic hydroxyl groups is 2. The van der Waals surface area contributed by atoms with Crippen LogP contribution in [0.15, 0.2) is 24.3 Å². The maximum absolute atomic E-state index is 12.3. The quantitative estimate of drug-likeness (QED) is 0.150. The van der Waals surface area contributed by atoms with Crippen LogP contribution in [0.4, 0.5) is 15.3 Å². The summed E-state index contributed by atoms with van der Waals surface area (Å²) in [4.78, 5) is 62.7. The highest BCUT2D eigenvalue weighted by molar-refractivity contribution is 6.02. The van der Waals surface area contributed by atoms with Crippen LogP contribution in [0.25, 0.3) is 0 Å². The van der Waals surface area contributed by atoms with Crippen LogP contribution in [0, 0.1) is 12.3 Å². The van der Waals surface area contributed by atoms with Crippen molar-refractivity contribution in [3.05, 3.63) is 29.8 Å². The van der Waals surface area contributed by atoms with Crippen LogP contribution < -0.4 is 15.5 Å². The maximum atomic E-state index is 12.3. The molecule has 3 aliphatic rings. The second kappa shape index (κ2) is 11.1. The number of carbonyl (C=O) groups is 5. The Labute approximate surface area is 227 Å². The van der Waals surface area contributed by atoms with Gasteiger partial charge in [-0.3, -0.25) is 19.9 Å². The molecule has 0 saturated carbocycles. The largest absolute Gasteiger partial charge is 0.479 e. The molecule has 3 saturated heterocycles. The van der Waals surface area contributed by atoms with Gasteiger partial charge in [0.1, 0.15) is 12.2 Å². The molecule has 3 heterocycles. The van der Waals surface area contributed by atoms with Crippen molar-refractivity contribution >= 4 is 35.6 Å². The van der Waals surface area contributed by atoms with Gasteiger partial charge < -0.3 is 35.2 Å². The predicted molar refractivity (Wildman–Crippen MR) is 133 cm³/mol. The number of carboxylic acids is 2. The molecule has 15 heteroatoms. The van der Waals surface area contributed by atoms with Gasteiger partial charge in [0.2, 0.25) is 5.91 Å². The first-order valence-corrected chi connectivity index (χ1v) is 12.3. The molecule has 0 aromatic heterocycles. The molecule has 0 aliphatic carbocycles. The van der Waals surface area contributed by atoms with E-state index in [4.69, 9.17) is 15.9 Å². The highest BCUT2D eigenvalue weighted by Crippen LogP contribution is 2.35. The Morgan fingerprint density at radius 3 is 2.40 bits per heavy atom. The number of carboxylic acid groups (broad SMARTS) is 2. The minimum absolute atomic E-state index is 0.115. The van der Waals surface area contributed by atoms with Crippen LogP contribution >= 0.6 is 0 Å². The number of urea groups is 2. The van der Waals surface area contributed by atoms with E-state index in [2.05, 4.69) is 5.32 Å². The molecule has 0 spiro atoms. The van der Waals surface area contributed by atoms with E-state index < -0.39 is 66.5 Å². The number of nitrogens with one attached hydrogen (secondary N) is 2. The molecule has 4 atom stereocenters. The monoisotopic (exact) mass is 560 g/mol. The highest BCUT2D eigenvalue weighted by Gasteiger charge is 2.59. The summed E-state index contributed by atoms with van der Waals surface area (Å²) in [5.41, 5.74) is -4.58. The molecular weight excluding hydrogens is 532 g/mol. The van der Waals surface area contributed by atoms with E-state index in [-0.39, 0.29) is 24.6 Å². The number of imide groups is 1. The number of aliphatic carboxylic acids is 2. The number of benzene rings is 1. The zero-order valence-corrected chi connectivity index (χ0v) is 21.1. The van der Waals surface area contributed by atoms with Gasteiger partial charge in [0.05, 0.1) is 6.61 Å². The lowest BCUT2D eigenvalue weighted by Crippen LogP contribution is -2.58. The van der Waals surface area contributed by atoms with Gasteiger partial charge in [-0.2, -0.15) is 0 Å². The summed E-state index contributed by atoms with van der Waals surface area (Å²) in [6.45, 7) is -0.0337. The Balaban J connectivity index is 1.53. The fourth-order valence-corrected chi connectivity index (χ4v) is 4.75. The molecule has 1 aromatic rings. The third-order valence-electron chi connectivity index (χ3n) is 7.09. The molecule has 5 amide bonds. The van der Waals surface area contributed by atoms with E-state index in [0.717, 1.165) is 11.3 Å². The molecule has 6 N–H and O–H groups in total. The molecule has 3 fully saturated rings. The van der Waals surface area contributed by atoms with Crippen LogP contribution in [0.1, 0.15) is 18.4 Å². The van der Waals surface area contributed by atoms with Gasteiger partial charge in [0.25, 0.3) is 5.60 Å². The van der Waals surface area contributed by atoms with Gasteiger partial charge in [-0.1, -0.05) is 18.1 Å². The highest BCUT2D eigenvalue weighted by atomic mass is 16.6. The van der Waals surface area contributed by atoms with Crippen LogP contribution in [-0.2, 0) is 30.3 Å². The van der Waals surface area contributed by atoms with Crippen molar-refractivity contribution in [1.29, 1.82) is 0 Å². The number of nitrogens with zero attached hydrogens (tertiary/aromatic N) is 2. The molecular formula is C25H28N4O11. The standard InChI is InChI=1S/C25H28N4O11/c1-2-24(38)16(40-19(18(24)31)29-11-8-17(30)27-23(29)37)13-39-25(20(32)33,21(34)35)12-14-4-6-15(7-5-14)28-10-3-9-26-22(28)36/h1,4-7,16,18-19,31,38H,3,8-13H2,(H,26,36)(H,32,33)(H,34,35)(H,27,30,37)/t16-,18+,19-,24-/m1/s1. The van der Waals surface area contributed by atoms with Crippen LogP contribution in [0.2, 0.25) is 0 Å². The van der Waals surface area contributed by atoms with E-state index in [0.29, 0.717) is 18.8 Å². The first-order chi connectivity index (χ1) is 18.9. The number of rotatable bonds is 9. The van der Waals surface area contributed by atoms with Gasteiger partial charge in [-0.15, -0.1) is 6.42 Å². The Morgan fingerprint density at radius 1 is 1.15 bits per heavy atom. The minimum atomic E-state index is -2.86. The number of hydrogen-bond donors (Lipinski definition) is 6. The van der Waals surface area contributed by atoms with E-state index in [1.54, 1.807) is 12.1 Å². The summed E-state index contributed by atoms with van der Waals surface area (Å²) in [5.74, 6) is -2.30. The molecule has 15 nitrogen and oxygen atoms in total. The Morgan fingerprint density at radius 2 is 1.82 bits per heavy atom. The third-order valence-corrected chi connectivity index (χ3v) is 7.09. The number of carbonyl (C=O) groups excluding carboxylic acids is 3. The van der Waals surface area contributed by atoms with Gasteiger partial charge >= 0.3 is 24.0 Å². The maximum Gasteiger partial charge on any atom is 0.348 e. The molecule has 4 rings (SSSR count). The Kier molecular flexibility index (Phi) is 7.98. The third kappa shape index (κ3) is 5.17. The molecule has 1 aromatic carbocycles. The van der Waals surface area contributed by atoms with Crippen molar-refractivity contribution < 1.29 is 53.9 Å². The summed E-state index contributed by atoms with van der Waals surface area (Å²) in [6.07, 6.45) is 0.304. The fourth-order valence-electron chi connectivity index (χ4n) is 4.75. The number of amides is 5. The average Bonchev–Trinajstić information content (AvgIpc) is 3.17. The molecule has 0 unspecified atom stereocenters. The predicted octanol–water partition coefficient (Wildman–Crippen LogP) is -1.53. The summed E-state index contributed by atoms with van der Waals surface area (Å²) in [7, 11) is 0. The minimum Gasteiger partial charge on any atom is -0.479 e. The second-order valence-electron chi connectivity index (χ2n) is 9.56. The number of anilines is 1. The average molecular weight is 561 g/mol. The van der Waals surface area contributed by atoms with Crippen molar-refractivity contribution in [2.75, 3.05) is 31.1 Å². The van der Waals surface area contributed by atoms with Crippen molar-refractivity contribution in [3.8, 4) is 12.3 Å². The summed E-state index contributed by atoms with van der Waals surface area (Å²) < 4.78 is 11.0. The fraction of sp³-hybridized carbons (Fsp3) is 0.480. The lowest BCUT2D eigenvalue weighted by Gasteiger charge is -2.33. The van der Waals surface area contributed by atoms with E-state index in [9.17, 15) is 44.4 Å². The second-order valence-corrected chi connectivity index (χ2v) is 9.56. The van der Waals surface area contributed by atoms with Crippen LogP contribution in [0.5, 0.6) is 0 Å². The topological polar surface area (TPSA) is 215 Å². The van der Waals surface area contributed by atoms with Gasteiger partial charge in [-0.05, 0) is 24.1 Å². The first-order valence-electron chi connectivity index (χ1n) is 12.3. The summed E-state index contributed by atoms with van der Waals surface area (Å²) in [6, 6.07) is 4.81. The SMILES string of the molecule is C#C[C@@]1(O)[C@@H](COC(Cc2ccc(N3CCCNC3=O)cc2)(C(=O)O)C(=O)O)O[C@@H](N2CCC(=O)NC2=O)[C@@H]1O. The molecule has 3 aliphatic heterocycles. The van der Waals surface area contributed by atoms with Gasteiger partial charge in [0, 0.05) is 38.2 Å². The molecule has 0 bridgehead atoms. The summed E-state index contributed by atoms with van der Waals surface area (Å²) in [5, 5.41) is 46.3. The number of aliphatic hydroxyl groups excluding tert-OH is 1. The molecule has 214 valence electrons. The number of terminal acetylenes is 1. The van der Waals surface area contributed by atoms with E-state index >= 15 is 0 Å². The Hall–Kier alpha value is -4.23. The lowest BCUT2D eigenvalue weighted by atomic mass is 9.91. The van der Waals surface area contributed by atoms with Crippen molar-refractivity contribution in [2.24, 2.45) is 0 Å².